The van der Waals surface area contributed by atoms with Crippen LogP contribution in [0, 0.1) is 0 Å². The van der Waals surface area contributed by atoms with Gasteiger partial charge in [0.15, 0.2) is 0 Å². The highest BCUT2D eigenvalue weighted by molar-refractivity contribution is 5.78. The molecule has 0 aliphatic carbocycles. The van der Waals surface area contributed by atoms with Crippen LogP contribution in [0.3, 0.4) is 0 Å². The maximum Gasteiger partial charge on any atom is 0.0999 e. The smallest absolute Gasteiger partial charge is 0.0999 e. The summed E-state index contributed by atoms with van der Waals surface area (Å²) in [4.78, 5) is 5.00. The van der Waals surface area contributed by atoms with E-state index < -0.39 is 0 Å². The number of aromatic nitrogens is 7. The number of nitrogens with one attached hydrogen (secondary N) is 1. The van der Waals surface area contributed by atoms with Gasteiger partial charge in [0, 0.05) is 29.6 Å². The summed E-state index contributed by atoms with van der Waals surface area (Å²) < 4.78 is 5.96. The molecule has 1 fully saturated rings. The lowest BCUT2D eigenvalue weighted by atomic mass is 10.1. The Hall–Kier alpha value is -3.00. The van der Waals surface area contributed by atoms with Crippen LogP contribution in [-0.2, 0) is 6.54 Å². The lowest BCUT2D eigenvalue weighted by molar-refractivity contribution is 0.428. The van der Waals surface area contributed by atoms with E-state index in [9.17, 15) is 0 Å². The number of rotatable bonds is 7. The van der Waals surface area contributed by atoms with Gasteiger partial charge >= 0.3 is 0 Å². The van der Waals surface area contributed by atoms with Crippen LogP contribution in [-0.4, -0.2) is 46.7 Å². The predicted octanol–water partition coefficient (Wildman–Crippen LogP) is 3.57. The Bertz CT molecular complexity index is 1130. The minimum absolute atomic E-state index is 0.408. The molecule has 30 heavy (non-hydrogen) atoms. The maximum atomic E-state index is 5.00. The van der Waals surface area contributed by atoms with Crippen molar-refractivity contribution in [2.24, 2.45) is 0 Å². The Morgan fingerprint density at radius 3 is 2.73 bits per heavy atom. The average Bonchev–Trinajstić information content (AvgIpc) is 3.55. The van der Waals surface area contributed by atoms with Crippen molar-refractivity contribution in [3.05, 3.63) is 43.2 Å². The van der Waals surface area contributed by atoms with Crippen LogP contribution in [0.1, 0.15) is 45.6 Å². The molecule has 0 spiro atoms. The van der Waals surface area contributed by atoms with Crippen molar-refractivity contribution in [1.29, 1.82) is 0 Å². The van der Waals surface area contributed by atoms with E-state index >= 15 is 0 Å². The van der Waals surface area contributed by atoms with Crippen LogP contribution in [0.5, 0.6) is 0 Å². The lowest BCUT2D eigenvalue weighted by Crippen LogP contribution is -2.26. The van der Waals surface area contributed by atoms with Crippen LogP contribution in [0.4, 0.5) is 0 Å². The molecule has 1 N–H and O–H groups in total. The molecule has 4 aromatic rings. The van der Waals surface area contributed by atoms with Gasteiger partial charge in [-0.05, 0) is 38.3 Å². The fourth-order valence-electron chi connectivity index (χ4n) is 4.34. The first kappa shape index (κ1) is 19.0. The third-order valence-electron chi connectivity index (χ3n) is 6.08. The first-order chi connectivity index (χ1) is 14.7. The highest BCUT2D eigenvalue weighted by atomic mass is 15.3. The molecule has 4 aromatic heterocycles. The highest BCUT2D eigenvalue weighted by Crippen LogP contribution is 2.28. The largest absolute Gasteiger partial charge is 0.312 e. The zero-order valence-electron chi connectivity index (χ0n) is 17.6. The molecular formula is C22H28N8. The summed E-state index contributed by atoms with van der Waals surface area (Å²) in [6.07, 6.45) is 16.3. The van der Waals surface area contributed by atoms with Crippen LogP contribution in [0.2, 0.25) is 0 Å². The standard InChI is InChI=1S/C22H28N8/c1-3-19(4-2)29-13-17(11-26-29)22-21-7-9-24-30(21)15-20(27-22)16-10-25-28(12-16)14-18-6-5-8-23-18/h7,9-13,15,18-19,23H,3-6,8,14H2,1-2H3/t18-/m1/s1. The Labute approximate surface area is 175 Å². The minimum Gasteiger partial charge on any atom is -0.312 e. The Kier molecular flexibility index (Phi) is 5.08. The Balaban J connectivity index is 1.50. The molecule has 5 rings (SSSR count). The quantitative estimate of drug-likeness (QED) is 0.509. The number of hydrogen-bond acceptors (Lipinski definition) is 5. The molecule has 1 aliphatic heterocycles. The monoisotopic (exact) mass is 404 g/mol. The Morgan fingerprint density at radius 2 is 1.93 bits per heavy atom. The van der Waals surface area contributed by atoms with Crippen molar-refractivity contribution in [1.82, 2.24) is 39.5 Å². The molecule has 8 nitrogen and oxygen atoms in total. The second-order valence-electron chi connectivity index (χ2n) is 8.06. The van der Waals surface area contributed by atoms with E-state index in [1.807, 2.05) is 40.1 Å². The minimum atomic E-state index is 0.408. The zero-order valence-corrected chi connectivity index (χ0v) is 17.6. The van der Waals surface area contributed by atoms with Crippen molar-refractivity contribution < 1.29 is 0 Å². The summed E-state index contributed by atoms with van der Waals surface area (Å²) in [7, 11) is 0. The van der Waals surface area contributed by atoms with E-state index in [2.05, 4.69) is 51.5 Å². The molecule has 0 saturated carbocycles. The van der Waals surface area contributed by atoms with Crippen molar-refractivity contribution >= 4 is 5.52 Å². The maximum absolute atomic E-state index is 5.00. The second kappa shape index (κ2) is 8.02. The van der Waals surface area contributed by atoms with Gasteiger partial charge < -0.3 is 5.32 Å². The molecule has 5 heterocycles. The summed E-state index contributed by atoms with van der Waals surface area (Å²) in [6.45, 7) is 6.38. The topological polar surface area (TPSA) is 77.9 Å². The molecule has 0 radical (unpaired) electrons. The van der Waals surface area contributed by atoms with Crippen LogP contribution >= 0.6 is 0 Å². The molecule has 0 amide bonds. The molecule has 1 atom stereocenters. The average molecular weight is 405 g/mol. The van der Waals surface area contributed by atoms with Gasteiger partial charge in [0.05, 0.1) is 54.3 Å². The van der Waals surface area contributed by atoms with Gasteiger partial charge in [0.1, 0.15) is 0 Å². The molecule has 0 aromatic carbocycles. The molecular weight excluding hydrogens is 376 g/mol. The first-order valence-corrected chi connectivity index (χ1v) is 10.9. The summed E-state index contributed by atoms with van der Waals surface area (Å²) in [5, 5.41) is 17.2. The fraction of sp³-hybridized carbons (Fsp3) is 0.455. The predicted molar refractivity (Wildman–Crippen MR) is 116 cm³/mol. The van der Waals surface area contributed by atoms with Gasteiger partial charge in [0.2, 0.25) is 0 Å². The third-order valence-corrected chi connectivity index (χ3v) is 6.08. The van der Waals surface area contributed by atoms with Crippen LogP contribution in [0.15, 0.2) is 43.2 Å². The highest BCUT2D eigenvalue weighted by Gasteiger charge is 2.17. The van der Waals surface area contributed by atoms with Gasteiger partial charge in [-0.15, -0.1) is 0 Å². The van der Waals surface area contributed by atoms with Crippen molar-refractivity contribution in [2.75, 3.05) is 6.54 Å². The van der Waals surface area contributed by atoms with Crippen molar-refractivity contribution in [3.8, 4) is 22.5 Å². The molecule has 0 unspecified atom stereocenters. The van der Waals surface area contributed by atoms with Gasteiger partial charge in [-0.25, -0.2) is 9.50 Å². The Morgan fingerprint density at radius 1 is 1.07 bits per heavy atom. The third kappa shape index (κ3) is 3.52. The second-order valence-corrected chi connectivity index (χ2v) is 8.06. The summed E-state index contributed by atoms with van der Waals surface area (Å²) >= 11 is 0. The molecule has 1 saturated heterocycles. The zero-order chi connectivity index (χ0) is 20.5. The molecule has 1 aliphatic rings. The van der Waals surface area contributed by atoms with E-state index in [1.165, 1.54) is 12.8 Å². The van der Waals surface area contributed by atoms with Gasteiger partial charge in [-0.2, -0.15) is 15.3 Å². The van der Waals surface area contributed by atoms with Crippen LogP contribution in [0.25, 0.3) is 28.0 Å². The van der Waals surface area contributed by atoms with Crippen LogP contribution < -0.4 is 5.32 Å². The number of nitrogens with zero attached hydrogens (tertiary/aromatic N) is 7. The van der Waals surface area contributed by atoms with Gasteiger partial charge in [0.25, 0.3) is 0 Å². The molecule has 0 bridgehead atoms. The van der Waals surface area contributed by atoms with Crippen molar-refractivity contribution in [3.63, 3.8) is 0 Å². The van der Waals surface area contributed by atoms with Crippen molar-refractivity contribution in [2.45, 2.75) is 58.2 Å². The van der Waals surface area contributed by atoms with E-state index in [-0.39, 0.29) is 0 Å². The number of fused-ring (bicyclic) bond motifs is 1. The van der Waals surface area contributed by atoms with E-state index in [4.69, 9.17) is 4.98 Å². The molecule has 8 heteroatoms. The lowest BCUT2D eigenvalue weighted by Gasteiger charge is -2.12. The van der Waals surface area contributed by atoms with E-state index in [0.29, 0.717) is 12.1 Å². The molecule has 156 valence electrons. The normalized spacial score (nSPS) is 16.8. The SMILES string of the molecule is CCC(CC)n1cc(-c2nc(-c3cnn(C[C@H]4CCCN4)c3)cn3nccc23)cn1. The van der Waals surface area contributed by atoms with E-state index in [1.54, 1.807) is 0 Å². The van der Waals surface area contributed by atoms with E-state index in [0.717, 1.165) is 54.0 Å². The van der Waals surface area contributed by atoms with Gasteiger partial charge in [-0.3, -0.25) is 9.36 Å². The fourth-order valence-corrected chi connectivity index (χ4v) is 4.34. The first-order valence-electron chi connectivity index (χ1n) is 10.9. The summed E-state index contributed by atoms with van der Waals surface area (Å²) in [5.74, 6) is 0. The number of hydrogen-bond donors (Lipinski definition) is 1. The van der Waals surface area contributed by atoms with Gasteiger partial charge in [-0.1, -0.05) is 13.8 Å². The summed E-state index contributed by atoms with van der Waals surface area (Å²) in [6, 6.07) is 2.91. The summed E-state index contributed by atoms with van der Waals surface area (Å²) in [5.41, 5.74) is 4.75.